The van der Waals surface area contributed by atoms with Gasteiger partial charge in [-0.3, -0.25) is 4.79 Å². The zero-order chi connectivity index (χ0) is 30.8. The molecule has 3 fully saturated rings. The highest BCUT2D eigenvalue weighted by Gasteiger charge is 2.55. The first-order valence-electron chi connectivity index (χ1n) is 15.7. The maximum atomic E-state index is 13.9. The Bertz CT molecular complexity index is 1550. The van der Waals surface area contributed by atoms with Gasteiger partial charge in [0.05, 0.1) is 24.4 Å². The average Bonchev–Trinajstić information content (AvgIpc) is 3.75. The number of benzene rings is 3. The van der Waals surface area contributed by atoms with Gasteiger partial charge in [0.2, 0.25) is 11.7 Å². The molecule has 3 unspecified atom stereocenters. The monoisotopic (exact) mass is 607 g/mol. The Morgan fingerprint density at radius 3 is 2.33 bits per heavy atom. The zero-order valence-electron chi connectivity index (χ0n) is 24.9. The number of epoxide rings is 1. The van der Waals surface area contributed by atoms with E-state index in [1.165, 1.54) is 0 Å². The van der Waals surface area contributed by atoms with Crippen LogP contribution in [0.3, 0.4) is 0 Å². The molecule has 2 aliphatic carbocycles. The van der Waals surface area contributed by atoms with Crippen molar-refractivity contribution in [2.45, 2.75) is 62.0 Å². The van der Waals surface area contributed by atoms with Crippen LogP contribution in [0.5, 0.6) is 0 Å². The summed E-state index contributed by atoms with van der Waals surface area (Å²) < 4.78 is 25.5. The minimum atomic E-state index is -1.28. The molecule has 3 aromatic rings. The van der Waals surface area contributed by atoms with Crippen LogP contribution in [0.25, 0.3) is 6.08 Å². The lowest BCUT2D eigenvalue weighted by Gasteiger charge is -2.31. The molecule has 232 valence electrons. The largest absolute Gasteiger partial charge is 0.456 e. The molecule has 0 spiro atoms. The predicted molar refractivity (Wildman–Crippen MR) is 167 cm³/mol. The van der Waals surface area contributed by atoms with E-state index in [1.807, 2.05) is 84.9 Å². The summed E-state index contributed by atoms with van der Waals surface area (Å²) in [6.07, 6.45) is 7.87. The standard InChI is InChI=1S/C37H37NO7/c39-20-19-38-35(40)26-22-32(43-36(41)29-14-8-7-9-25(29)17-15-24-16-18-30-31(21-24)42-30)34-33(23-26)44-37(45-34,27-10-3-1-4-11-27)28-12-5-2-6-13-28/h1-15,17,23-24,30-34,39H,16,18-22H2,(H,38,40)/t24?,30?,31?,32-,33-,34+/m1/s1. The molecule has 0 radical (unpaired) electrons. The lowest BCUT2D eigenvalue weighted by atomic mass is 9.88. The van der Waals surface area contributed by atoms with Gasteiger partial charge in [-0.2, -0.15) is 0 Å². The van der Waals surface area contributed by atoms with Crippen molar-refractivity contribution in [2.75, 3.05) is 13.2 Å². The highest BCUT2D eigenvalue weighted by atomic mass is 16.8. The second-order valence-electron chi connectivity index (χ2n) is 12.1. The fraction of sp³-hybridized carbons (Fsp3) is 0.351. The molecule has 0 bridgehead atoms. The van der Waals surface area contributed by atoms with Gasteiger partial charge in [-0.05, 0) is 42.9 Å². The van der Waals surface area contributed by atoms with Crippen LogP contribution in [0.2, 0.25) is 0 Å². The molecular weight excluding hydrogens is 570 g/mol. The topological polar surface area (TPSA) is 107 Å². The number of rotatable bonds is 9. The van der Waals surface area contributed by atoms with E-state index in [0.29, 0.717) is 29.3 Å². The summed E-state index contributed by atoms with van der Waals surface area (Å²) in [5.74, 6) is -1.70. The van der Waals surface area contributed by atoms with E-state index in [-0.39, 0.29) is 25.5 Å². The summed E-state index contributed by atoms with van der Waals surface area (Å²) in [6, 6.07) is 26.7. The van der Waals surface area contributed by atoms with E-state index in [1.54, 1.807) is 12.1 Å². The predicted octanol–water partition coefficient (Wildman–Crippen LogP) is 4.92. The molecule has 8 nitrogen and oxygen atoms in total. The Labute approximate surface area is 262 Å². The lowest BCUT2D eigenvalue weighted by Crippen LogP contribution is -2.43. The number of allylic oxidation sites excluding steroid dienone is 1. The maximum Gasteiger partial charge on any atom is 0.339 e. The molecule has 1 saturated carbocycles. The van der Waals surface area contributed by atoms with E-state index in [9.17, 15) is 14.7 Å². The van der Waals surface area contributed by atoms with E-state index in [4.69, 9.17) is 18.9 Å². The van der Waals surface area contributed by atoms with Crippen LogP contribution >= 0.6 is 0 Å². The van der Waals surface area contributed by atoms with Gasteiger partial charge in [-0.25, -0.2) is 4.79 Å². The van der Waals surface area contributed by atoms with Gasteiger partial charge >= 0.3 is 5.97 Å². The molecule has 2 N–H and O–H groups in total. The molecule has 2 saturated heterocycles. The van der Waals surface area contributed by atoms with Crippen LogP contribution in [0.4, 0.5) is 0 Å². The molecule has 2 aliphatic heterocycles. The third kappa shape index (κ3) is 6.11. The molecule has 6 atom stereocenters. The number of esters is 1. The second kappa shape index (κ2) is 12.7. The molecule has 45 heavy (non-hydrogen) atoms. The molecule has 2 heterocycles. The highest BCUT2D eigenvalue weighted by Crippen LogP contribution is 2.47. The molecule has 3 aromatic carbocycles. The molecule has 0 aromatic heterocycles. The third-order valence-corrected chi connectivity index (χ3v) is 9.11. The SMILES string of the molecule is O=C(NCCO)C1=C[C@H]2OC(c3ccccc3)(c3ccccc3)O[C@H]2[C@H](OC(=O)c2ccccc2C=CC2CCC3OC3C2)C1. The molecule has 7 rings (SSSR count). The quantitative estimate of drug-likeness (QED) is 0.263. The Balaban J connectivity index is 1.18. The van der Waals surface area contributed by atoms with Crippen LogP contribution in [-0.4, -0.2) is 60.7 Å². The number of carbonyl (C=O) groups is 2. The highest BCUT2D eigenvalue weighted by molar-refractivity contribution is 5.95. The minimum absolute atomic E-state index is 0.109. The smallest absolute Gasteiger partial charge is 0.339 e. The Hall–Kier alpha value is -4.08. The van der Waals surface area contributed by atoms with Crippen molar-refractivity contribution in [1.82, 2.24) is 5.32 Å². The number of nitrogens with one attached hydrogen (secondary N) is 1. The summed E-state index contributed by atoms with van der Waals surface area (Å²) in [4.78, 5) is 27.0. The van der Waals surface area contributed by atoms with Crippen LogP contribution in [-0.2, 0) is 29.5 Å². The van der Waals surface area contributed by atoms with E-state index < -0.39 is 30.1 Å². The van der Waals surface area contributed by atoms with E-state index in [2.05, 4.69) is 11.4 Å². The fourth-order valence-corrected chi connectivity index (χ4v) is 6.75. The molecule has 8 heteroatoms. The number of fused-ring (bicyclic) bond motifs is 2. The molecular formula is C37H37NO7. The summed E-state index contributed by atoms with van der Waals surface area (Å²) >= 11 is 0. The number of hydrogen-bond donors (Lipinski definition) is 2. The number of aliphatic hydroxyl groups is 1. The van der Waals surface area contributed by atoms with Crippen molar-refractivity contribution in [3.05, 3.63) is 125 Å². The van der Waals surface area contributed by atoms with Crippen molar-refractivity contribution >= 4 is 18.0 Å². The van der Waals surface area contributed by atoms with E-state index >= 15 is 0 Å². The zero-order valence-corrected chi connectivity index (χ0v) is 24.9. The number of amides is 1. The average molecular weight is 608 g/mol. The van der Waals surface area contributed by atoms with Gasteiger partial charge in [-0.1, -0.05) is 91.0 Å². The summed E-state index contributed by atoms with van der Waals surface area (Å²) in [5.41, 5.74) is 3.21. The van der Waals surface area contributed by atoms with Crippen molar-refractivity contribution in [1.29, 1.82) is 0 Å². The van der Waals surface area contributed by atoms with Crippen molar-refractivity contribution in [2.24, 2.45) is 5.92 Å². The first kappa shape index (κ1) is 29.6. The Morgan fingerprint density at radius 1 is 0.911 bits per heavy atom. The van der Waals surface area contributed by atoms with Crippen LogP contribution in [0, 0.1) is 5.92 Å². The normalized spacial score (nSPS) is 28.1. The van der Waals surface area contributed by atoms with Gasteiger partial charge in [0.1, 0.15) is 18.3 Å². The van der Waals surface area contributed by atoms with Crippen LogP contribution in [0.15, 0.2) is 103 Å². The summed E-state index contributed by atoms with van der Waals surface area (Å²) in [5, 5.41) is 12.0. The van der Waals surface area contributed by atoms with Crippen LogP contribution < -0.4 is 5.32 Å². The Morgan fingerprint density at radius 2 is 1.62 bits per heavy atom. The first-order valence-corrected chi connectivity index (χ1v) is 15.7. The summed E-state index contributed by atoms with van der Waals surface area (Å²) in [6.45, 7) is -0.0775. The number of aliphatic hydroxyl groups excluding tert-OH is 1. The fourth-order valence-electron chi connectivity index (χ4n) is 6.75. The lowest BCUT2D eigenvalue weighted by molar-refractivity contribution is -0.157. The van der Waals surface area contributed by atoms with Gasteiger partial charge in [0.15, 0.2) is 0 Å². The van der Waals surface area contributed by atoms with Gasteiger partial charge in [0, 0.05) is 29.7 Å². The second-order valence-corrected chi connectivity index (χ2v) is 12.1. The van der Waals surface area contributed by atoms with Gasteiger partial charge in [-0.15, -0.1) is 0 Å². The van der Waals surface area contributed by atoms with Crippen LogP contribution in [0.1, 0.15) is 52.7 Å². The third-order valence-electron chi connectivity index (χ3n) is 9.11. The van der Waals surface area contributed by atoms with Crippen molar-refractivity contribution in [3.8, 4) is 0 Å². The maximum absolute atomic E-state index is 13.9. The number of hydrogen-bond acceptors (Lipinski definition) is 7. The Kier molecular flexibility index (Phi) is 8.38. The van der Waals surface area contributed by atoms with Gasteiger partial charge < -0.3 is 29.4 Å². The molecule has 4 aliphatic rings. The minimum Gasteiger partial charge on any atom is -0.456 e. The van der Waals surface area contributed by atoms with Crippen molar-refractivity contribution < 1.29 is 33.6 Å². The summed E-state index contributed by atoms with van der Waals surface area (Å²) in [7, 11) is 0. The van der Waals surface area contributed by atoms with E-state index in [0.717, 1.165) is 36.0 Å². The first-order chi connectivity index (χ1) is 22.0. The van der Waals surface area contributed by atoms with Crippen molar-refractivity contribution in [3.63, 3.8) is 0 Å². The van der Waals surface area contributed by atoms with Gasteiger partial charge in [0.25, 0.3) is 0 Å². The molecule has 1 amide bonds. The number of carbonyl (C=O) groups excluding carboxylic acids is 2. The number of ether oxygens (including phenoxy) is 4.